The number of hydrogen-bond donors (Lipinski definition) is 1. The summed E-state index contributed by atoms with van der Waals surface area (Å²) in [4.78, 5) is 12.9. The van der Waals surface area contributed by atoms with E-state index >= 15 is 0 Å². The Bertz CT molecular complexity index is 837. The Morgan fingerprint density at radius 1 is 0.966 bits per heavy atom. The van der Waals surface area contributed by atoms with Gasteiger partial charge in [-0.25, -0.2) is 8.42 Å². The molecule has 0 unspecified atom stereocenters. The van der Waals surface area contributed by atoms with Crippen LogP contribution in [0.2, 0.25) is 0 Å². The topological polar surface area (TPSA) is 66.5 Å². The summed E-state index contributed by atoms with van der Waals surface area (Å²) in [5.74, 6) is 2.70. The molecule has 158 valence electrons. The van der Waals surface area contributed by atoms with Gasteiger partial charge in [0.1, 0.15) is 0 Å². The fraction of sp³-hybridized carbons (Fsp3) is 0.696. The Kier molecular flexibility index (Phi) is 4.98. The molecule has 1 aromatic rings. The van der Waals surface area contributed by atoms with E-state index in [0.29, 0.717) is 24.1 Å². The minimum Gasteiger partial charge on any atom is -0.352 e. The minimum absolute atomic E-state index is 0.0974. The molecular formula is C23H32N2O3S. The van der Waals surface area contributed by atoms with Gasteiger partial charge in [-0.3, -0.25) is 4.79 Å². The number of rotatable bonds is 6. The zero-order valence-corrected chi connectivity index (χ0v) is 17.9. The minimum atomic E-state index is -3.42. The highest BCUT2D eigenvalue weighted by molar-refractivity contribution is 7.89. The highest BCUT2D eigenvalue weighted by atomic mass is 32.2. The predicted molar refractivity (Wildman–Crippen MR) is 112 cm³/mol. The lowest BCUT2D eigenvalue weighted by Gasteiger charge is -2.57. The molecule has 0 aromatic heterocycles. The maximum absolute atomic E-state index is 12.6. The Morgan fingerprint density at radius 2 is 1.52 bits per heavy atom. The van der Waals surface area contributed by atoms with Crippen molar-refractivity contribution in [2.24, 2.45) is 23.2 Å². The molecule has 1 amide bonds. The highest BCUT2D eigenvalue weighted by Gasteiger charge is 2.50. The van der Waals surface area contributed by atoms with Crippen molar-refractivity contribution < 1.29 is 13.2 Å². The Labute approximate surface area is 174 Å². The van der Waals surface area contributed by atoms with Gasteiger partial charge in [-0.2, -0.15) is 4.31 Å². The van der Waals surface area contributed by atoms with Gasteiger partial charge in [0.05, 0.1) is 4.90 Å². The summed E-state index contributed by atoms with van der Waals surface area (Å²) in [5.41, 5.74) is 1.01. The van der Waals surface area contributed by atoms with Gasteiger partial charge in [-0.15, -0.1) is 0 Å². The number of carbonyl (C=O) groups is 1. The molecule has 1 aromatic carbocycles. The average molecular weight is 417 g/mol. The van der Waals surface area contributed by atoms with E-state index in [0.717, 1.165) is 43.6 Å². The summed E-state index contributed by atoms with van der Waals surface area (Å²) in [6.07, 6.45) is 11.3. The first-order chi connectivity index (χ1) is 13.9. The normalized spacial score (nSPS) is 33.9. The summed E-state index contributed by atoms with van der Waals surface area (Å²) < 4.78 is 26.8. The zero-order chi connectivity index (χ0) is 20.1. The quantitative estimate of drug-likeness (QED) is 0.767. The van der Waals surface area contributed by atoms with Crippen molar-refractivity contribution >= 4 is 15.9 Å². The van der Waals surface area contributed by atoms with Crippen molar-refractivity contribution in [3.05, 3.63) is 29.8 Å². The second-order valence-corrected chi connectivity index (χ2v) is 12.0. The monoisotopic (exact) mass is 416 g/mol. The summed E-state index contributed by atoms with van der Waals surface area (Å²) in [7, 11) is -3.42. The summed E-state index contributed by atoms with van der Waals surface area (Å²) in [5, 5.41) is 3.09. The summed E-state index contributed by atoms with van der Waals surface area (Å²) in [6.45, 7) is 1.91. The molecule has 4 aliphatic carbocycles. The van der Waals surface area contributed by atoms with E-state index in [4.69, 9.17) is 0 Å². The number of benzene rings is 1. The van der Waals surface area contributed by atoms with Crippen LogP contribution < -0.4 is 5.32 Å². The highest BCUT2D eigenvalue weighted by Crippen LogP contribution is 2.61. The van der Waals surface area contributed by atoms with Crippen LogP contribution in [0.4, 0.5) is 0 Å². The first-order valence-corrected chi connectivity index (χ1v) is 12.8. The predicted octanol–water partition coefficient (Wildman–Crippen LogP) is 3.81. The largest absolute Gasteiger partial charge is 0.352 e. The van der Waals surface area contributed by atoms with Crippen LogP contribution in [0, 0.1) is 23.2 Å². The lowest BCUT2D eigenvalue weighted by Crippen LogP contribution is -2.47. The van der Waals surface area contributed by atoms with Crippen LogP contribution >= 0.6 is 0 Å². The van der Waals surface area contributed by atoms with E-state index < -0.39 is 10.0 Å². The lowest BCUT2D eigenvalue weighted by atomic mass is 9.49. The molecule has 6 heteroatoms. The van der Waals surface area contributed by atoms with Crippen molar-refractivity contribution in [3.8, 4) is 0 Å². The number of amides is 1. The zero-order valence-electron chi connectivity index (χ0n) is 17.1. The maximum atomic E-state index is 12.6. The van der Waals surface area contributed by atoms with Gasteiger partial charge in [0.15, 0.2) is 0 Å². The van der Waals surface area contributed by atoms with E-state index in [2.05, 4.69) is 5.32 Å². The van der Waals surface area contributed by atoms with Crippen molar-refractivity contribution in [2.75, 3.05) is 19.6 Å². The van der Waals surface area contributed by atoms with E-state index in [1.807, 2.05) is 0 Å². The summed E-state index contributed by atoms with van der Waals surface area (Å²) in [6, 6.07) is 6.43. The van der Waals surface area contributed by atoms with Crippen molar-refractivity contribution in [1.29, 1.82) is 0 Å². The third kappa shape index (κ3) is 3.74. The molecule has 1 aliphatic heterocycles. The van der Waals surface area contributed by atoms with Crippen molar-refractivity contribution in [3.63, 3.8) is 0 Å². The molecule has 4 saturated carbocycles. The van der Waals surface area contributed by atoms with Crippen molar-refractivity contribution in [1.82, 2.24) is 9.62 Å². The Balaban J connectivity index is 1.17. The molecule has 1 heterocycles. The smallest absolute Gasteiger partial charge is 0.251 e. The molecule has 0 atom stereocenters. The number of nitrogens with zero attached hydrogens (tertiary/aromatic N) is 1. The lowest BCUT2D eigenvalue weighted by molar-refractivity contribution is -0.0564. The molecule has 0 radical (unpaired) electrons. The van der Waals surface area contributed by atoms with Crippen LogP contribution in [0.1, 0.15) is 68.1 Å². The van der Waals surface area contributed by atoms with Crippen LogP contribution in [0.5, 0.6) is 0 Å². The maximum Gasteiger partial charge on any atom is 0.251 e. The number of nitrogens with one attached hydrogen (secondary N) is 1. The van der Waals surface area contributed by atoms with Crippen LogP contribution in [-0.4, -0.2) is 38.3 Å². The van der Waals surface area contributed by atoms with E-state index in [9.17, 15) is 13.2 Å². The van der Waals surface area contributed by atoms with E-state index in [1.165, 1.54) is 42.8 Å². The number of sulfonamides is 1. The average Bonchev–Trinajstić information content (AvgIpc) is 3.22. The third-order valence-electron chi connectivity index (χ3n) is 7.93. The van der Waals surface area contributed by atoms with Crippen LogP contribution in [0.15, 0.2) is 29.2 Å². The SMILES string of the molecule is O=C(NCCC12CC3CC(CC(C3)C1)C2)c1ccc(S(=O)(=O)N2CCCC2)cc1. The molecular weight excluding hydrogens is 384 g/mol. The van der Waals surface area contributed by atoms with Gasteiger partial charge in [-0.05, 0) is 105 Å². The molecule has 29 heavy (non-hydrogen) atoms. The molecule has 1 N–H and O–H groups in total. The molecule has 5 nitrogen and oxygen atoms in total. The fourth-order valence-corrected chi connectivity index (χ4v) is 8.51. The number of hydrogen-bond acceptors (Lipinski definition) is 3. The van der Waals surface area contributed by atoms with Crippen molar-refractivity contribution in [2.45, 2.75) is 62.7 Å². The van der Waals surface area contributed by atoms with Crippen LogP contribution in [-0.2, 0) is 10.0 Å². The van der Waals surface area contributed by atoms with Gasteiger partial charge in [-0.1, -0.05) is 0 Å². The van der Waals surface area contributed by atoms with E-state index in [-0.39, 0.29) is 10.8 Å². The van der Waals surface area contributed by atoms with Gasteiger partial charge in [0, 0.05) is 25.2 Å². The molecule has 4 bridgehead atoms. The number of carbonyl (C=O) groups excluding carboxylic acids is 1. The van der Waals surface area contributed by atoms with Crippen LogP contribution in [0.3, 0.4) is 0 Å². The third-order valence-corrected chi connectivity index (χ3v) is 9.84. The first-order valence-electron chi connectivity index (χ1n) is 11.3. The first kappa shape index (κ1) is 19.6. The second kappa shape index (κ2) is 7.38. The Hall–Kier alpha value is -1.40. The summed E-state index contributed by atoms with van der Waals surface area (Å²) >= 11 is 0. The molecule has 5 aliphatic rings. The van der Waals surface area contributed by atoms with Crippen LogP contribution in [0.25, 0.3) is 0 Å². The van der Waals surface area contributed by atoms with Gasteiger partial charge in [0.2, 0.25) is 10.0 Å². The van der Waals surface area contributed by atoms with Gasteiger partial charge in [0.25, 0.3) is 5.91 Å². The Morgan fingerprint density at radius 3 is 2.07 bits per heavy atom. The van der Waals surface area contributed by atoms with Gasteiger partial charge >= 0.3 is 0 Å². The second-order valence-electron chi connectivity index (χ2n) is 10.1. The van der Waals surface area contributed by atoms with Gasteiger partial charge < -0.3 is 5.32 Å². The van der Waals surface area contributed by atoms with E-state index in [1.54, 1.807) is 24.3 Å². The molecule has 6 rings (SSSR count). The molecule has 1 saturated heterocycles. The molecule has 5 fully saturated rings. The standard InChI is InChI=1S/C23H32N2O3S/c26-22(20-3-5-21(6-4-20)29(27,28)25-9-1-2-10-25)24-8-7-23-14-17-11-18(15-23)13-19(12-17)16-23/h3-6,17-19H,1-2,7-16H2,(H,24,26). The molecule has 0 spiro atoms. The fourth-order valence-electron chi connectivity index (χ4n) is 7.00.